The van der Waals surface area contributed by atoms with Crippen LogP contribution >= 0.6 is 0 Å². The number of amides is 1. The number of rotatable bonds is 10. The molecule has 2 rings (SSSR count). The lowest BCUT2D eigenvalue weighted by atomic mass is 10.1. The lowest BCUT2D eigenvalue weighted by Crippen LogP contribution is -2.30. The van der Waals surface area contributed by atoms with Crippen LogP contribution in [-0.4, -0.2) is 36.7 Å². The average Bonchev–Trinajstić information content (AvgIpc) is 2.66. The molecular formula is C20H23NO5. The van der Waals surface area contributed by atoms with Gasteiger partial charge in [-0.25, -0.2) is 4.79 Å². The molecule has 0 spiro atoms. The molecule has 2 aromatic carbocycles. The van der Waals surface area contributed by atoms with Gasteiger partial charge in [-0.05, 0) is 48.2 Å². The van der Waals surface area contributed by atoms with Gasteiger partial charge in [0.2, 0.25) is 0 Å². The number of hydrogen-bond acceptors (Lipinski definition) is 4. The van der Waals surface area contributed by atoms with Crippen LogP contribution in [0.15, 0.2) is 48.5 Å². The molecule has 6 heteroatoms. The number of carbonyl (C=O) groups is 2. The van der Waals surface area contributed by atoms with Crippen LogP contribution < -0.4 is 14.8 Å². The molecule has 0 aromatic heterocycles. The predicted octanol–water partition coefficient (Wildman–Crippen LogP) is 2.45. The molecule has 2 aromatic rings. The molecule has 26 heavy (non-hydrogen) atoms. The topological polar surface area (TPSA) is 84.9 Å². The lowest BCUT2D eigenvalue weighted by molar-refractivity contribution is -0.139. The molecule has 0 saturated heterocycles. The Morgan fingerprint density at radius 2 is 1.42 bits per heavy atom. The molecule has 0 unspecified atom stereocenters. The summed E-state index contributed by atoms with van der Waals surface area (Å²) < 4.78 is 10.5. The Balaban J connectivity index is 1.66. The largest absolute Gasteiger partial charge is 0.484 e. The standard InChI is InChI=1S/C20H23NO5/c1-2-15-3-7-17(8-4-15)25-13-19(22)21-12-11-16-5-9-18(10-6-16)26-14-20(23)24/h3-10H,2,11-14H2,1H3,(H,21,22)(H,23,24). The molecule has 0 bridgehead atoms. The highest BCUT2D eigenvalue weighted by molar-refractivity contribution is 5.77. The van der Waals surface area contributed by atoms with Gasteiger partial charge in [0.1, 0.15) is 11.5 Å². The maximum atomic E-state index is 11.8. The number of nitrogens with one attached hydrogen (secondary N) is 1. The quantitative estimate of drug-likeness (QED) is 0.682. The molecule has 0 aliphatic rings. The van der Waals surface area contributed by atoms with E-state index in [1.807, 2.05) is 36.4 Å². The van der Waals surface area contributed by atoms with Crippen molar-refractivity contribution in [1.29, 1.82) is 0 Å². The Morgan fingerprint density at radius 1 is 0.885 bits per heavy atom. The fraction of sp³-hybridized carbons (Fsp3) is 0.300. The minimum atomic E-state index is -1.01. The van der Waals surface area contributed by atoms with Gasteiger partial charge in [-0.2, -0.15) is 0 Å². The van der Waals surface area contributed by atoms with Crippen LogP contribution in [0.1, 0.15) is 18.1 Å². The number of aliphatic carboxylic acids is 1. The van der Waals surface area contributed by atoms with Crippen LogP contribution in [0, 0.1) is 0 Å². The van der Waals surface area contributed by atoms with E-state index < -0.39 is 5.97 Å². The summed E-state index contributed by atoms with van der Waals surface area (Å²) in [5.41, 5.74) is 2.24. The van der Waals surface area contributed by atoms with E-state index in [9.17, 15) is 9.59 Å². The molecule has 138 valence electrons. The van der Waals surface area contributed by atoms with Crippen LogP contribution in [0.5, 0.6) is 11.5 Å². The van der Waals surface area contributed by atoms with Gasteiger partial charge in [-0.3, -0.25) is 4.79 Å². The van der Waals surface area contributed by atoms with E-state index in [0.29, 0.717) is 24.5 Å². The van der Waals surface area contributed by atoms with Crippen LogP contribution in [0.25, 0.3) is 0 Å². The number of aryl methyl sites for hydroxylation is 1. The summed E-state index contributed by atoms with van der Waals surface area (Å²) >= 11 is 0. The molecule has 2 N–H and O–H groups in total. The van der Waals surface area contributed by atoms with Gasteiger partial charge in [-0.1, -0.05) is 31.2 Å². The highest BCUT2D eigenvalue weighted by atomic mass is 16.5. The monoisotopic (exact) mass is 357 g/mol. The predicted molar refractivity (Wildman–Crippen MR) is 97.6 cm³/mol. The Hall–Kier alpha value is -3.02. The molecular weight excluding hydrogens is 334 g/mol. The Morgan fingerprint density at radius 3 is 1.96 bits per heavy atom. The Bertz CT molecular complexity index is 710. The highest BCUT2D eigenvalue weighted by Gasteiger charge is 2.04. The molecule has 6 nitrogen and oxygen atoms in total. The summed E-state index contributed by atoms with van der Waals surface area (Å²) in [5, 5.41) is 11.4. The van der Waals surface area contributed by atoms with Crippen molar-refractivity contribution in [1.82, 2.24) is 5.32 Å². The van der Waals surface area contributed by atoms with Crippen molar-refractivity contribution in [3.8, 4) is 11.5 Å². The van der Waals surface area contributed by atoms with Crippen LogP contribution in [0.2, 0.25) is 0 Å². The normalized spacial score (nSPS) is 10.2. The molecule has 0 saturated carbocycles. The molecule has 0 aliphatic heterocycles. The molecule has 0 heterocycles. The van der Waals surface area contributed by atoms with Crippen LogP contribution in [0.4, 0.5) is 0 Å². The molecule has 0 aliphatic carbocycles. The first-order valence-electron chi connectivity index (χ1n) is 8.49. The number of carboxylic acid groups (broad SMARTS) is 1. The summed E-state index contributed by atoms with van der Waals surface area (Å²) in [5.74, 6) is -0.0109. The maximum absolute atomic E-state index is 11.8. The highest BCUT2D eigenvalue weighted by Crippen LogP contribution is 2.13. The fourth-order valence-corrected chi connectivity index (χ4v) is 2.26. The van der Waals surface area contributed by atoms with Gasteiger partial charge >= 0.3 is 5.97 Å². The van der Waals surface area contributed by atoms with Crippen molar-refractivity contribution in [3.05, 3.63) is 59.7 Å². The van der Waals surface area contributed by atoms with Gasteiger partial charge in [0.25, 0.3) is 5.91 Å². The Labute approximate surface area is 152 Å². The zero-order valence-electron chi connectivity index (χ0n) is 14.7. The van der Waals surface area contributed by atoms with E-state index in [2.05, 4.69) is 12.2 Å². The second kappa shape index (κ2) is 10.1. The van der Waals surface area contributed by atoms with Gasteiger partial charge < -0.3 is 19.9 Å². The minimum Gasteiger partial charge on any atom is -0.484 e. The van der Waals surface area contributed by atoms with Crippen molar-refractivity contribution in [2.45, 2.75) is 19.8 Å². The first kappa shape index (κ1) is 19.3. The number of carbonyl (C=O) groups excluding carboxylic acids is 1. The van der Waals surface area contributed by atoms with Crippen molar-refractivity contribution >= 4 is 11.9 Å². The third kappa shape index (κ3) is 6.84. The fourth-order valence-electron chi connectivity index (χ4n) is 2.26. The summed E-state index contributed by atoms with van der Waals surface area (Å²) in [6.07, 6.45) is 1.63. The first-order chi connectivity index (χ1) is 12.6. The van der Waals surface area contributed by atoms with E-state index in [-0.39, 0.29) is 19.1 Å². The zero-order valence-corrected chi connectivity index (χ0v) is 14.7. The second-order valence-electron chi connectivity index (χ2n) is 5.71. The second-order valence-corrected chi connectivity index (χ2v) is 5.71. The van der Waals surface area contributed by atoms with Crippen LogP contribution in [0.3, 0.4) is 0 Å². The third-order valence-corrected chi connectivity index (χ3v) is 3.72. The van der Waals surface area contributed by atoms with E-state index in [1.54, 1.807) is 12.1 Å². The van der Waals surface area contributed by atoms with Crippen LogP contribution in [-0.2, 0) is 22.4 Å². The molecule has 1 amide bonds. The SMILES string of the molecule is CCc1ccc(OCC(=O)NCCc2ccc(OCC(=O)O)cc2)cc1. The van der Waals surface area contributed by atoms with E-state index in [4.69, 9.17) is 14.6 Å². The van der Waals surface area contributed by atoms with E-state index in [0.717, 1.165) is 12.0 Å². The van der Waals surface area contributed by atoms with E-state index in [1.165, 1.54) is 5.56 Å². The van der Waals surface area contributed by atoms with Gasteiger partial charge in [0, 0.05) is 6.54 Å². The third-order valence-electron chi connectivity index (χ3n) is 3.72. The summed E-state index contributed by atoms with van der Waals surface area (Å²) in [6, 6.07) is 14.8. The van der Waals surface area contributed by atoms with Gasteiger partial charge in [-0.15, -0.1) is 0 Å². The molecule has 0 atom stereocenters. The van der Waals surface area contributed by atoms with Gasteiger partial charge in [0.05, 0.1) is 0 Å². The number of ether oxygens (including phenoxy) is 2. The first-order valence-corrected chi connectivity index (χ1v) is 8.49. The van der Waals surface area contributed by atoms with Crippen molar-refractivity contribution in [3.63, 3.8) is 0 Å². The molecule has 0 radical (unpaired) electrons. The molecule has 0 fully saturated rings. The smallest absolute Gasteiger partial charge is 0.341 e. The maximum Gasteiger partial charge on any atom is 0.341 e. The number of carboxylic acids is 1. The summed E-state index contributed by atoms with van der Waals surface area (Å²) in [4.78, 5) is 22.3. The average molecular weight is 357 g/mol. The van der Waals surface area contributed by atoms with Crippen molar-refractivity contribution in [2.75, 3.05) is 19.8 Å². The van der Waals surface area contributed by atoms with Crippen molar-refractivity contribution in [2.24, 2.45) is 0 Å². The summed E-state index contributed by atoms with van der Waals surface area (Å²) in [7, 11) is 0. The van der Waals surface area contributed by atoms with Crippen molar-refractivity contribution < 1.29 is 24.2 Å². The Kier molecular flexibility index (Phi) is 7.49. The van der Waals surface area contributed by atoms with Gasteiger partial charge in [0.15, 0.2) is 13.2 Å². The number of hydrogen-bond donors (Lipinski definition) is 2. The number of benzene rings is 2. The summed E-state index contributed by atoms with van der Waals surface area (Å²) in [6.45, 7) is 2.19. The lowest BCUT2D eigenvalue weighted by Gasteiger charge is -2.08. The van der Waals surface area contributed by atoms with E-state index >= 15 is 0 Å². The zero-order chi connectivity index (χ0) is 18.8. The minimum absolute atomic E-state index is 0.0204.